The smallest absolute Gasteiger partial charge is 0.168 e. The minimum Gasteiger partial charge on any atom is -0.383 e. The second kappa shape index (κ2) is 7.55. The molecule has 110 valence electrons. The van der Waals surface area contributed by atoms with Crippen molar-refractivity contribution in [1.82, 2.24) is 25.5 Å². The molecule has 0 spiro atoms. The van der Waals surface area contributed by atoms with E-state index in [1.807, 2.05) is 4.68 Å². The van der Waals surface area contributed by atoms with E-state index in [1.165, 1.54) is 0 Å². The van der Waals surface area contributed by atoms with Crippen molar-refractivity contribution in [1.29, 1.82) is 0 Å². The first-order valence-corrected chi connectivity index (χ1v) is 7.16. The number of hydrogen-bond donors (Lipinski definition) is 1. The van der Waals surface area contributed by atoms with Gasteiger partial charge in [0.05, 0.1) is 18.2 Å². The third kappa shape index (κ3) is 3.51. The summed E-state index contributed by atoms with van der Waals surface area (Å²) in [5.74, 6) is 0.904. The van der Waals surface area contributed by atoms with Crippen LogP contribution in [0.3, 0.4) is 0 Å². The van der Waals surface area contributed by atoms with Crippen molar-refractivity contribution in [2.24, 2.45) is 0 Å². The highest BCUT2D eigenvalue weighted by atomic mass is 16.5. The van der Waals surface area contributed by atoms with Crippen molar-refractivity contribution >= 4 is 0 Å². The molecule has 1 N–H and O–H groups in total. The summed E-state index contributed by atoms with van der Waals surface area (Å²) >= 11 is 0. The topological polar surface area (TPSA) is 64.9 Å². The Bertz CT molecular complexity index is 353. The first-order valence-electron chi connectivity index (χ1n) is 7.16. The van der Waals surface area contributed by atoms with E-state index in [9.17, 15) is 0 Å². The predicted octanol–water partition coefficient (Wildman–Crippen LogP) is 1.90. The molecule has 0 aromatic carbocycles. The van der Waals surface area contributed by atoms with Crippen LogP contribution in [0.2, 0.25) is 0 Å². The summed E-state index contributed by atoms with van der Waals surface area (Å²) in [6, 6.07) is 0.120. The van der Waals surface area contributed by atoms with Crippen LogP contribution in [0.4, 0.5) is 0 Å². The first-order chi connectivity index (χ1) is 9.15. The molecular formula is C13H27N5O. The standard InChI is InChI=1S/C13H27N5O/c1-6-13(7-2,8-3)18-12(15-16-17-18)11(4)14-9-10-19-5/h11,14H,6-10H2,1-5H3. The zero-order valence-electron chi connectivity index (χ0n) is 12.8. The number of ether oxygens (including phenoxy) is 1. The molecule has 0 aliphatic rings. The maximum absolute atomic E-state index is 5.05. The molecule has 1 unspecified atom stereocenters. The summed E-state index contributed by atoms with van der Waals surface area (Å²) in [6.45, 7) is 10.2. The zero-order valence-corrected chi connectivity index (χ0v) is 12.8. The van der Waals surface area contributed by atoms with Crippen LogP contribution in [0.15, 0.2) is 0 Å². The molecule has 0 bridgehead atoms. The average Bonchev–Trinajstić information content (AvgIpc) is 2.92. The number of hydrogen-bond acceptors (Lipinski definition) is 5. The largest absolute Gasteiger partial charge is 0.383 e. The highest BCUT2D eigenvalue weighted by Crippen LogP contribution is 2.30. The lowest BCUT2D eigenvalue weighted by atomic mass is 9.89. The van der Waals surface area contributed by atoms with Gasteiger partial charge in [-0.2, -0.15) is 0 Å². The molecule has 6 heteroatoms. The third-order valence-corrected chi connectivity index (χ3v) is 4.06. The van der Waals surface area contributed by atoms with E-state index in [1.54, 1.807) is 7.11 Å². The monoisotopic (exact) mass is 269 g/mol. The number of nitrogens with one attached hydrogen (secondary N) is 1. The lowest BCUT2D eigenvalue weighted by Crippen LogP contribution is -2.36. The molecule has 0 aliphatic heterocycles. The zero-order chi connectivity index (χ0) is 14.3. The maximum Gasteiger partial charge on any atom is 0.168 e. The Morgan fingerprint density at radius 1 is 1.26 bits per heavy atom. The molecule has 0 aliphatic carbocycles. The lowest BCUT2D eigenvalue weighted by Gasteiger charge is -2.32. The van der Waals surface area contributed by atoms with Crippen LogP contribution in [0, 0.1) is 0 Å². The van der Waals surface area contributed by atoms with Gasteiger partial charge in [-0.05, 0) is 36.6 Å². The molecule has 1 atom stereocenters. The van der Waals surface area contributed by atoms with Gasteiger partial charge >= 0.3 is 0 Å². The van der Waals surface area contributed by atoms with E-state index in [0.29, 0.717) is 6.61 Å². The molecular weight excluding hydrogens is 242 g/mol. The molecule has 0 radical (unpaired) electrons. The van der Waals surface area contributed by atoms with Gasteiger partial charge in [0, 0.05) is 13.7 Å². The van der Waals surface area contributed by atoms with Gasteiger partial charge < -0.3 is 10.1 Å². The molecule has 0 fully saturated rings. The fraction of sp³-hybridized carbons (Fsp3) is 0.923. The van der Waals surface area contributed by atoms with Gasteiger partial charge in [0.2, 0.25) is 0 Å². The van der Waals surface area contributed by atoms with Crippen molar-refractivity contribution in [3.63, 3.8) is 0 Å². The maximum atomic E-state index is 5.05. The van der Waals surface area contributed by atoms with Crippen LogP contribution < -0.4 is 5.32 Å². The summed E-state index contributed by atoms with van der Waals surface area (Å²) in [4.78, 5) is 0. The number of tetrazole rings is 1. The fourth-order valence-electron chi connectivity index (χ4n) is 2.47. The van der Waals surface area contributed by atoms with Gasteiger partial charge in [0.1, 0.15) is 0 Å². The predicted molar refractivity (Wildman–Crippen MR) is 75.0 cm³/mol. The molecule has 6 nitrogen and oxygen atoms in total. The van der Waals surface area contributed by atoms with Crippen LogP contribution >= 0.6 is 0 Å². The summed E-state index contributed by atoms with van der Waals surface area (Å²) in [6.07, 6.45) is 3.09. The number of nitrogens with zero attached hydrogens (tertiary/aromatic N) is 4. The van der Waals surface area contributed by atoms with Gasteiger partial charge in [-0.3, -0.25) is 0 Å². The van der Waals surface area contributed by atoms with Crippen molar-refractivity contribution in [3.8, 4) is 0 Å². The van der Waals surface area contributed by atoms with Crippen LogP contribution in [-0.2, 0) is 10.3 Å². The van der Waals surface area contributed by atoms with Crippen LogP contribution in [-0.4, -0.2) is 40.5 Å². The Morgan fingerprint density at radius 2 is 1.89 bits per heavy atom. The molecule has 0 saturated heterocycles. The molecule has 19 heavy (non-hydrogen) atoms. The van der Waals surface area contributed by atoms with E-state index in [4.69, 9.17) is 4.74 Å². The van der Waals surface area contributed by atoms with Crippen molar-refractivity contribution in [2.75, 3.05) is 20.3 Å². The number of rotatable bonds is 9. The fourth-order valence-corrected chi connectivity index (χ4v) is 2.47. The second-order valence-electron chi connectivity index (χ2n) is 4.90. The molecule has 0 amide bonds. The Hall–Kier alpha value is -1.01. The lowest BCUT2D eigenvalue weighted by molar-refractivity contribution is 0.190. The van der Waals surface area contributed by atoms with Crippen LogP contribution in [0.1, 0.15) is 58.8 Å². The summed E-state index contributed by atoms with van der Waals surface area (Å²) in [5.41, 5.74) is 0.0238. The van der Waals surface area contributed by atoms with Crippen molar-refractivity contribution < 1.29 is 4.74 Å². The van der Waals surface area contributed by atoms with E-state index in [2.05, 4.69) is 48.5 Å². The summed E-state index contributed by atoms with van der Waals surface area (Å²) in [7, 11) is 1.70. The number of methoxy groups -OCH3 is 1. The van der Waals surface area contributed by atoms with E-state index < -0.39 is 0 Å². The van der Waals surface area contributed by atoms with E-state index in [0.717, 1.165) is 31.6 Å². The van der Waals surface area contributed by atoms with Crippen molar-refractivity contribution in [3.05, 3.63) is 5.82 Å². The Balaban J connectivity index is 2.89. The van der Waals surface area contributed by atoms with Crippen LogP contribution in [0.5, 0.6) is 0 Å². The minimum atomic E-state index is 0.0238. The molecule has 1 heterocycles. The third-order valence-electron chi connectivity index (χ3n) is 4.06. The van der Waals surface area contributed by atoms with Gasteiger partial charge in [-0.25, -0.2) is 4.68 Å². The van der Waals surface area contributed by atoms with Gasteiger partial charge in [-0.1, -0.05) is 20.8 Å². The molecule has 1 rings (SSSR count). The SMILES string of the molecule is CCC(CC)(CC)n1nnnc1C(C)NCCOC. The first kappa shape index (κ1) is 16.0. The Kier molecular flexibility index (Phi) is 6.37. The van der Waals surface area contributed by atoms with E-state index >= 15 is 0 Å². The molecule has 1 aromatic rings. The second-order valence-corrected chi connectivity index (χ2v) is 4.90. The highest BCUT2D eigenvalue weighted by molar-refractivity contribution is 4.96. The van der Waals surface area contributed by atoms with Gasteiger partial charge in [-0.15, -0.1) is 5.10 Å². The highest BCUT2D eigenvalue weighted by Gasteiger charge is 2.31. The van der Waals surface area contributed by atoms with Crippen LogP contribution in [0.25, 0.3) is 0 Å². The molecule has 1 aromatic heterocycles. The Morgan fingerprint density at radius 3 is 2.42 bits per heavy atom. The average molecular weight is 269 g/mol. The van der Waals surface area contributed by atoms with Gasteiger partial charge in [0.25, 0.3) is 0 Å². The summed E-state index contributed by atoms with van der Waals surface area (Å²) < 4.78 is 7.06. The normalized spacial score (nSPS) is 13.7. The van der Waals surface area contributed by atoms with Gasteiger partial charge in [0.15, 0.2) is 5.82 Å². The molecule has 0 saturated carbocycles. The van der Waals surface area contributed by atoms with E-state index in [-0.39, 0.29) is 11.6 Å². The quantitative estimate of drug-likeness (QED) is 0.694. The minimum absolute atomic E-state index is 0.0238. The summed E-state index contributed by atoms with van der Waals surface area (Å²) in [5, 5.41) is 15.7. The Labute approximate surface area is 115 Å². The van der Waals surface area contributed by atoms with Crippen molar-refractivity contribution in [2.45, 2.75) is 58.5 Å². The number of aromatic nitrogens is 4.